The normalized spacial score (nSPS) is 12.4. The number of rotatable bonds is 6. The molecule has 0 aliphatic rings. The first-order valence-electron chi connectivity index (χ1n) is 4.99. The molecule has 1 aromatic carbocycles. The smallest absolute Gasteiger partial charge is 0.234 e. The Morgan fingerprint density at radius 3 is 2.81 bits per heavy atom. The zero-order valence-corrected chi connectivity index (χ0v) is 10.6. The Morgan fingerprint density at radius 2 is 2.25 bits per heavy atom. The van der Waals surface area contributed by atoms with Crippen molar-refractivity contribution in [1.29, 1.82) is 0 Å². The summed E-state index contributed by atoms with van der Waals surface area (Å²) in [6, 6.07) is 7.39. The van der Waals surface area contributed by atoms with Gasteiger partial charge in [-0.1, -0.05) is 23.7 Å². The van der Waals surface area contributed by atoms with E-state index < -0.39 is 0 Å². The summed E-state index contributed by atoms with van der Waals surface area (Å²) < 4.78 is 0. The van der Waals surface area contributed by atoms with Crippen molar-refractivity contribution in [2.75, 3.05) is 12.8 Å². The fourth-order valence-corrected chi connectivity index (χ4v) is 2.53. The standard InChI is InChI=1S/C11H15ClN2OS/c1-14-9(11(13)15)6-7-16-10-5-3-2-4-8(10)12/h2-5,9,14H,6-7H2,1H3,(H2,13,15). The van der Waals surface area contributed by atoms with Gasteiger partial charge in [0.2, 0.25) is 5.91 Å². The fourth-order valence-electron chi connectivity index (χ4n) is 1.28. The molecule has 0 saturated heterocycles. The average molecular weight is 259 g/mol. The van der Waals surface area contributed by atoms with Gasteiger partial charge in [0.15, 0.2) is 0 Å². The number of carbonyl (C=O) groups is 1. The number of primary amides is 1. The van der Waals surface area contributed by atoms with E-state index in [1.54, 1.807) is 18.8 Å². The Morgan fingerprint density at radius 1 is 1.56 bits per heavy atom. The number of halogens is 1. The van der Waals surface area contributed by atoms with Crippen LogP contribution in [0.4, 0.5) is 0 Å². The topological polar surface area (TPSA) is 55.1 Å². The molecule has 16 heavy (non-hydrogen) atoms. The van der Waals surface area contributed by atoms with Crippen molar-refractivity contribution in [3.05, 3.63) is 29.3 Å². The van der Waals surface area contributed by atoms with Gasteiger partial charge >= 0.3 is 0 Å². The highest BCUT2D eigenvalue weighted by Crippen LogP contribution is 2.27. The minimum Gasteiger partial charge on any atom is -0.368 e. The third-order valence-electron chi connectivity index (χ3n) is 2.19. The van der Waals surface area contributed by atoms with Crippen molar-refractivity contribution in [3.63, 3.8) is 0 Å². The first-order chi connectivity index (χ1) is 7.65. The van der Waals surface area contributed by atoms with Gasteiger partial charge in [-0.15, -0.1) is 11.8 Å². The van der Waals surface area contributed by atoms with Crippen LogP contribution in [0, 0.1) is 0 Å². The molecule has 1 aromatic rings. The SMILES string of the molecule is CNC(CCSc1ccccc1Cl)C(N)=O. The molecule has 0 saturated carbocycles. The molecule has 0 aromatic heterocycles. The van der Waals surface area contributed by atoms with Crippen LogP contribution in [0.3, 0.4) is 0 Å². The maximum atomic E-state index is 11.0. The van der Waals surface area contributed by atoms with Gasteiger partial charge in [0.05, 0.1) is 11.1 Å². The van der Waals surface area contributed by atoms with Crippen LogP contribution < -0.4 is 11.1 Å². The third-order valence-corrected chi connectivity index (χ3v) is 3.74. The molecule has 1 atom stereocenters. The molecule has 0 fully saturated rings. The molecule has 1 amide bonds. The average Bonchev–Trinajstić information content (AvgIpc) is 2.26. The zero-order chi connectivity index (χ0) is 12.0. The van der Waals surface area contributed by atoms with E-state index >= 15 is 0 Å². The molecule has 3 N–H and O–H groups in total. The lowest BCUT2D eigenvalue weighted by Gasteiger charge is -2.11. The highest BCUT2D eigenvalue weighted by atomic mass is 35.5. The second-order valence-electron chi connectivity index (χ2n) is 3.31. The predicted octanol–water partition coefficient (Wildman–Crippen LogP) is 1.90. The Labute approximate surface area is 105 Å². The molecule has 88 valence electrons. The lowest BCUT2D eigenvalue weighted by molar-refractivity contribution is -0.119. The lowest BCUT2D eigenvalue weighted by Crippen LogP contribution is -2.39. The Kier molecular flexibility index (Phi) is 5.66. The van der Waals surface area contributed by atoms with Crippen LogP contribution in [0.1, 0.15) is 6.42 Å². The molecule has 0 spiro atoms. The number of thioether (sulfide) groups is 1. The summed E-state index contributed by atoms with van der Waals surface area (Å²) in [4.78, 5) is 12.0. The summed E-state index contributed by atoms with van der Waals surface area (Å²) >= 11 is 7.64. The van der Waals surface area contributed by atoms with E-state index in [1.165, 1.54) is 0 Å². The molecule has 1 rings (SSSR count). The number of nitrogens with one attached hydrogen (secondary N) is 1. The van der Waals surface area contributed by atoms with Crippen LogP contribution in [0.15, 0.2) is 29.2 Å². The first kappa shape index (κ1) is 13.4. The lowest BCUT2D eigenvalue weighted by atomic mass is 10.2. The van der Waals surface area contributed by atoms with E-state index in [4.69, 9.17) is 17.3 Å². The Hall–Kier alpha value is -0.710. The van der Waals surface area contributed by atoms with Crippen LogP contribution in [-0.2, 0) is 4.79 Å². The van der Waals surface area contributed by atoms with Crippen molar-refractivity contribution in [3.8, 4) is 0 Å². The monoisotopic (exact) mass is 258 g/mol. The number of carbonyl (C=O) groups excluding carboxylic acids is 1. The molecule has 0 heterocycles. The summed E-state index contributed by atoms with van der Waals surface area (Å²) in [5.74, 6) is 0.486. The van der Waals surface area contributed by atoms with Crippen molar-refractivity contribution in [2.45, 2.75) is 17.4 Å². The van der Waals surface area contributed by atoms with Gasteiger partial charge in [0, 0.05) is 10.6 Å². The van der Waals surface area contributed by atoms with Gasteiger partial charge in [0.1, 0.15) is 0 Å². The minimum atomic E-state index is -0.317. The van der Waals surface area contributed by atoms with E-state index in [0.717, 1.165) is 15.7 Å². The van der Waals surface area contributed by atoms with Crippen LogP contribution in [0.5, 0.6) is 0 Å². The van der Waals surface area contributed by atoms with Gasteiger partial charge in [0.25, 0.3) is 0 Å². The van der Waals surface area contributed by atoms with E-state index in [9.17, 15) is 4.79 Å². The van der Waals surface area contributed by atoms with Crippen molar-refractivity contribution >= 4 is 29.3 Å². The van der Waals surface area contributed by atoms with Crippen LogP contribution in [-0.4, -0.2) is 24.7 Å². The second-order valence-corrected chi connectivity index (χ2v) is 4.86. The summed E-state index contributed by atoms with van der Waals surface area (Å²) in [7, 11) is 1.73. The first-order valence-corrected chi connectivity index (χ1v) is 6.35. The van der Waals surface area contributed by atoms with Gasteiger partial charge in [-0.05, 0) is 25.6 Å². The van der Waals surface area contributed by atoms with Gasteiger partial charge in [-0.2, -0.15) is 0 Å². The van der Waals surface area contributed by atoms with Crippen molar-refractivity contribution in [2.24, 2.45) is 5.73 Å². The van der Waals surface area contributed by atoms with E-state index in [1.807, 2.05) is 24.3 Å². The van der Waals surface area contributed by atoms with Crippen LogP contribution in [0.25, 0.3) is 0 Å². The molecule has 0 radical (unpaired) electrons. The summed E-state index contributed by atoms with van der Waals surface area (Å²) in [6.45, 7) is 0. The van der Waals surface area contributed by atoms with E-state index in [0.29, 0.717) is 6.42 Å². The molecule has 0 bridgehead atoms. The van der Waals surface area contributed by atoms with Crippen molar-refractivity contribution < 1.29 is 4.79 Å². The molecule has 0 aliphatic heterocycles. The molecule has 3 nitrogen and oxygen atoms in total. The minimum absolute atomic E-state index is 0.269. The van der Waals surface area contributed by atoms with Crippen LogP contribution in [0.2, 0.25) is 5.02 Å². The molecule has 1 unspecified atom stereocenters. The Bertz CT molecular complexity index is 360. The van der Waals surface area contributed by atoms with Gasteiger partial charge < -0.3 is 11.1 Å². The number of nitrogens with two attached hydrogens (primary N) is 1. The van der Waals surface area contributed by atoms with E-state index in [-0.39, 0.29) is 11.9 Å². The third kappa shape index (κ3) is 4.04. The number of hydrogen-bond acceptors (Lipinski definition) is 3. The molecular formula is C11H15ClN2OS. The van der Waals surface area contributed by atoms with Gasteiger partial charge in [-0.3, -0.25) is 4.79 Å². The number of hydrogen-bond donors (Lipinski definition) is 2. The molecule has 0 aliphatic carbocycles. The van der Waals surface area contributed by atoms with Gasteiger partial charge in [-0.25, -0.2) is 0 Å². The summed E-state index contributed by atoms with van der Waals surface area (Å²) in [6.07, 6.45) is 0.696. The highest BCUT2D eigenvalue weighted by molar-refractivity contribution is 7.99. The Balaban J connectivity index is 2.41. The summed E-state index contributed by atoms with van der Waals surface area (Å²) in [5.41, 5.74) is 5.22. The quantitative estimate of drug-likeness (QED) is 0.767. The number of likely N-dealkylation sites (N-methyl/N-ethyl adjacent to an activating group) is 1. The fraction of sp³-hybridized carbons (Fsp3) is 0.364. The van der Waals surface area contributed by atoms with E-state index in [2.05, 4.69) is 5.32 Å². The maximum Gasteiger partial charge on any atom is 0.234 e. The summed E-state index contributed by atoms with van der Waals surface area (Å²) in [5, 5.41) is 3.62. The largest absolute Gasteiger partial charge is 0.368 e. The van der Waals surface area contributed by atoms with Crippen LogP contribution >= 0.6 is 23.4 Å². The highest BCUT2D eigenvalue weighted by Gasteiger charge is 2.12. The molecule has 5 heteroatoms. The zero-order valence-electron chi connectivity index (χ0n) is 9.07. The molecular weight excluding hydrogens is 244 g/mol. The maximum absolute atomic E-state index is 11.0. The number of benzene rings is 1. The predicted molar refractivity (Wildman–Crippen MR) is 68.8 cm³/mol. The van der Waals surface area contributed by atoms with Crippen molar-refractivity contribution in [1.82, 2.24) is 5.32 Å². The second kappa shape index (κ2) is 6.78. The number of amides is 1.